The van der Waals surface area contributed by atoms with Gasteiger partial charge in [-0.15, -0.1) is 11.8 Å². The standard InChI is InChI=1S/C27H30ClF2N3O5S2/c1-27(9-2-3-11-37-27)26(34)32-40(35,36)23-12-18(14-31)25(24(28)13-23)38-21(8-10-33-15-20(30)16-33)17-39-22-6-4-19(29)5-7-22/h4-7,12-13,20-21H,2-3,8-11,15-17H2,1H3,(H,32,34)/t21-,27-/m1/s1. The Kier molecular flexibility index (Phi) is 9.95. The minimum absolute atomic E-state index is 0.00806. The summed E-state index contributed by atoms with van der Waals surface area (Å²) in [5.74, 6) is -0.725. The number of hydrogen-bond donors (Lipinski definition) is 1. The van der Waals surface area contributed by atoms with Crippen LogP contribution in [-0.4, -0.2) is 69.1 Å². The normalized spacial score (nSPS) is 20.8. The predicted octanol–water partition coefficient (Wildman–Crippen LogP) is 4.70. The summed E-state index contributed by atoms with van der Waals surface area (Å²) in [5, 5.41) is 9.71. The van der Waals surface area contributed by atoms with Crippen molar-refractivity contribution in [1.29, 1.82) is 5.26 Å². The van der Waals surface area contributed by atoms with Crippen LogP contribution in [-0.2, 0) is 19.6 Å². The molecule has 0 saturated carbocycles. The first-order valence-corrected chi connectivity index (χ1v) is 15.7. The third kappa shape index (κ3) is 7.64. The first kappa shape index (κ1) is 30.5. The highest BCUT2D eigenvalue weighted by Gasteiger charge is 2.38. The fraction of sp³-hybridized carbons (Fsp3) is 0.481. The van der Waals surface area contributed by atoms with Crippen molar-refractivity contribution in [3.63, 3.8) is 0 Å². The SMILES string of the molecule is C[C@]1(C(=O)NS(=O)(=O)c2cc(Cl)c(O[C@H](CCN3CC(F)C3)CSc3ccc(F)cc3)c(C#N)c2)CCCCO1. The summed E-state index contributed by atoms with van der Waals surface area (Å²) in [7, 11) is -4.37. The molecule has 0 spiro atoms. The summed E-state index contributed by atoms with van der Waals surface area (Å²) in [5.41, 5.74) is -1.39. The fourth-order valence-electron chi connectivity index (χ4n) is 4.41. The maximum absolute atomic E-state index is 13.3. The van der Waals surface area contributed by atoms with Gasteiger partial charge in [-0.1, -0.05) is 11.6 Å². The average molecular weight is 614 g/mol. The van der Waals surface area contributed by atoms with E-state index >= 15 is 0 Å². The number of carbonyl (C=O) groups is 1. The van der Waals surface area contributed by atoms with E-state index in [-0.39, 0.29) is 27.0 Å². The molecule has 2 aliphatic rings. The van der Waals surface area contributed by atoms with E-state index in [1.54, 1.807) is 19.1 Å². The molecule has 2 heterocycles. The Hall–Kier alpha value is -2.43. The highest BCUT2D eigenvalue weighted by atomic mass is 35.5. The largest absolute Gasteiger partial charge is 0.487 e. The molecule has 40 heavy (non-hydrogen) atoms. The molecule has 2 aromatic carbocycles. The van der Waals surface area contributed by atoms with Crippen LogP contribution in [0.2, 0.25) is 5.02 Å². The Morgan fingerprint density at radius 3 is 2.67 bits per heavy atom. The molecule has 2 aliphatic heterocycles. The number of hydrogen-bond acceptors (Lipinski definition) is 8. The second-order valence-electron chi connectivity index (χ2n) is 10.0. The first-order chi connectivity index (χ1) is 19.0. The molecule has 2 fully saturated rings. The van der Waals surface area contributed by atoms with Gasteiger partial charge in [0.1, 0.15) is 29.8 Å². The van der Waals surface area contributed by atoms with E-state index in [9.17, 15) is 27.3 Å². The summed E-state index contributed by atoms with van der Waals surface area (Å²) >= 11 is 7.86. The molecule has 1 amide bonds. The fourth-order valence-corrected chi connectivity index (χ4v) is 6.80. The summed E-state index contributed by atoms with van der Waals surface area (Å²) in [6, 6.07) is 10.1. The van der Waals surface area contributed by atoms with Crippen LogP contribution in [0.3, 0.4) is 0 Å². The molecular weight excluding hydrogens is 584 g/mol. The van der Waals surface area contributed by atoms with Crippen LogP contribution in [0.4, 0.5) is 8.78 Å². The van der Waals surface area contributed by atoms with Gasteiger partial charge in [0.2, 0.25) is 0 Å². The van der Waals surface area contributed by atoms with Crippen LogP contribution >= 0.6 is 23.4 Å². The number of ether oxygens (including phenoxy) is 2. The molecule has 2 aromatic rings. The molecule has 216 valence electrons. The molecule has 8 nitrogen and oxygen atoms in total. The molecular formula is C27H30ClF2N3O5S2. The maximum Gasteiger partial charge on any atom is 0.265 e. The van der Waals surface area contributed by atoms with E-state index in [0.717, 1.165) is 29.9 Å². The van der Waals surface area contributed by atoms with Gasteiger partial charge in [0, 0.05) is 36.9 Å². The molecule has 1 N–H and O–H groups in total. The lowest BCUT2D eigenvalue weighted by atomic mass is 9.95. The zero-order valence-corrected chi connectivity index (χ0v) is 24.3. The van der Waals surface area contributed by atoms with Crippen molar-refractivity contribution in [2.24, 2.45) is 0 Å². The van der Waals surface area contributed by atoms with Gasteiger partial charge >= 0.3 is 0 Å². The smallest absolute Gasteiger partial charge is 0.265 e. The number of carbonyl (C=O) groups excluding carboxylic acids is 1. The molecule has 0 aromatic heterocycles. The van der Waals surface area contributed by atoms with E-state index in [1.165, 1.54) is 23.9 Å². The summed E-state index contributed by atoms with van der Waals surface area (Å²) in [6.07, 6.45) is 1.05. The van der Waals surface area contributed by atoms with Crippen LogP contribution in [0, 0.1) is 17.1 Å². The zero-order valence-electron chi connectivity index (χ0n) is 21.9. The van der Waals surface area contributed by atoms with E-state index < -0.39 is 33.8 Å². The molecule has 0 unspecified atom stereocenters. The van der Waals surface area contributed by atoms with Crippen molar-refractivity contribution in [2.75, 3.05) is 32.0 Å². The highest BCUT2D eigenvalue weighted by molar-refractivity contribution is 7.99. The number of likely N-dealkylation sites (tertiary alicyclic amines) is 1. The molecule has 2 atom stereocenters. The topological polar surface area (TPSA) is 109 Å². The van der Waals surface area contributed by atoms with Gasteiger partial charge in [-0.25, -0.2) is 21.9 Å². The number of alkyl halides is 1. The monoisotopic (exact) mass is 613 g/mol. The Morgan fingerprint density at radius 2 is 2.05 bits per heavy atom. The number of nitriles is 1. The molecule has 2 saturated heterocycles. The lowest BCUT2D eigenvalue weighted by molar-refractivity contribution is -0.148. The minimum atomic E-state index is -4.37. The Labute approximate surface area is 242 Å². The van der Waals surface area contributed by atoms with Gasteiger partial charge in [-0.3, -0.25) is 9.69 Å². The Balaban J connectivity index is 1.51. The van der Waals surface area contributed by atoms with E-state index in [0.29, 0.717) is 44.8 Å². The number of rotatable bonds is 11. The Bertz CT molecular complexity index is 1360. The van der Waals surface area contributed by atoms with Crippen LogP contribution in [0.5, 0.6) is 5.75 Å². The number of sulfonamides is 1. The van der Waals surface area contributed by atoms with Crippen molar-refractivity contribution in [3.8, 4) is 11.8 Å². The van der Waals surface area contributed by atoms with Crippen molar-refractivity contribution in [2.45, 2.75) is 60.3 Å². The summed E-state index contributed by atoms with van der Waals surface area (Å²) in [6.45, 7) is 3.12. The lowest BCUT2D eigenvalue weighted by Gasteiger charge is -2.35. The summed E-state index contributed by atoms with van der Waals surface area (Å²) in [4.78, 5) is 15.1. The second kappa shape index (κ2) is 13.0. The van der Waals surface area contributed by atoms with Gasteiger partial charge in [0.15, 0.2) is 5.75 Å². The van der Waals surface area contributed by atoms with E-state index in [2.05, 4.69) is 0 Å². The maximum atomic E-state index is 13.3. The van der Waals surface area contributed by atoms with Gasteiger partial charge < -0.3 is 9.47 Å². The number of thioether (sulfide) groups is 1. The minimum Gasteiger partial charge on any atom is -0.487 e. The first-order valence-electron chi connectivity index (χ1n) is 12.9. The summed E-state index contributed by atoms with van der Waals surface area (Å²) < 4.78 is 66.4. The van der Waals surface area contributed by atoms with Gasteiger partial charge in [0.25, 0.3) is 15.9 Å². The van der Waals surface area contributed by atoms with E-state index in [4.69, 9.17) is 21.1 Å². The second-order valence-corrected chi connectivity index (χ2v) is 13.2. The van der Waals surface area contributed by atoms with Gasteiger partial charge in [-0.05, 0) is 69.0 Å². The highest BCUT2D eigenvalue weighted by Crippen LogP contribution is 2.34. The van der Waals surface area contributed by atoms with Crippen LogP contribution in [0.1, 0.15) is 38.2 Å². The number of amides is 1. The molecule has 0 radical (unpaired) electrons. The number of nitrogens with zero attached hydrogens (tertiary/aromatic N) is 2. The van der Waals surface area contributed by atoms with Gasteiger partial charge in [0.05, 0.1) is 15.5 Å². The van der Waals surface area contributed by atoms with Crippen LogP contribution in [0.15, 0.2) is 46.2 Å². The molecule has 13 heteroatoms. The van der Waals surface area contributed by atoms with Crippen molar-refractivity contribution in [1.82, 2.24) is 9.62 Å². The molecule has 4 rings (SSSR count). The lowest BCUT2D eigenvalue weighted by Crippen LogP contribution is -2.50. The van der Waals surface area contributed by atoms with Crippen LogP contribution in [0.25, 0.3) is 0 Å². The molecule has 0 aliphatic carbocycles. The zero-order chi connectivity index (χ0) is 28.9. The number of nitrogens with one attached hydrogen (secondary N) is 1. The van der Waals surface area contributed by atoms with Crippen molar-refractivity contribution < 1.29 is 31.5 Å². The van der Waals surface area contributed by atoms with Gasteiger partial charge in [-0.2, -0.15) is 5.26 Å². The van der Waals surface area contributed by atoms with Crippen molar-refractivity contribution in [3.05, 3.63) is 52.8 Å². The quantitative estimate of drug-likeness (QED) is 0.364. The molecule has 0 bridgehead atoms. The van der Waals surface area contributed by atoms with Crippen LogP contribution < -0.4 is 9.46 Å². The number of benzene rings is 2. The van der Waals surface area contributed by atoms with E-state index in [1.807, 2.05) is 15.7 Å². The Morgan fingerprint density at radius 1 is 1.32 bits per heavy atom. The third-order valence-electron chi connectivity index (χ3n) is 6.84. The predicted molar refractivity (Wildman–Crippen MR) is 147 cm³/mol. The number of halogens is 3. The average Bonchev–Trinajstić information content (AvgIpc) is 2.90. The van der Waals surface area contributed by atoms with Crippen molar-refractivity contribution >= 4 is 39.3 Å². The third-order valence-corrected chi connectivity index (χ3v) is 9.57.